The molecule has 0 amide bonds. The third-order valence-electron chi connectivity index (χ3n) is 2.47. The maximum absolute atomic E-state index is 10.3. The molecule has 0 spiro atoms. The van der Waals surface area contributed by atoms with E-state index in [2.05, 4.69) is 5.73 Å². The van der Waals surface area contributed by atoms with Crippen molar-refractivity contribution in [3.8, 4) is 0 Å². The zero-order chi connectivity index (χ0) is 20.4. The molecule has 0 aromatic heterocycles. The number of rotatable bonds is 10. The molecule has 12 N–H and O–H groups in total. The summed E-state index contributed by atoms with van der Waals surface area (Å²) in [6.07, 6.45) is 2.52. The maximum atomic E-state index is 10.3. The third-order valence-corrected chi connectivity index (χ3v) is 2.47. The number of unbranched alkanes of at least 4 members (excludes halogenated alkanes) is 2. The molecule has 12 heteroatoms. The normalized spacial score (nSPS) is 11.7. The highest BCUT2D eigenvalue weighted by Crippen LogP contribution is 2.04. The van der Waals surface area contributed by atoms with Crippen LogP contribution in [0.3, 0.4) is 0 Å². The fourth-order valence-corrected chi connectivity index (χ4v) is 1.04. The van der Waals surface area contributed by atoms with Crippen LogP contribution in [0, 0.1) is 0 Å². The van der Waals surface area contributed by atoms with E-state index in [1.165, 1.54) is 0 Å². The number of carboxylic acids is 4. The zero-order valence-corrected chi connectivity index (χ0v) is 13.8. The first-order chi connectivity index (χ1) is 11.5. The van der Waals surface area contributed by atoms with Gasteiger partial charge in [0.25, 0.3) is 0 Å². The van der Waals surface area contributed by atoms with E-state index < -0.39 is 36.0 Å². The maximum Gasteiger partial charge on any atom is 0.321 e. The van der Waals surface area contributed by atoms with Crippen LogP contribution in [-0.2, 0) is 19.2 Å². The Bertz CT molecular complexity index is 405. The molecule has 12 nitrogen and oxygen atoms in total. The number of hydrogen-bond donors (Lipinski definition) is 8. The van der Waals surface area contributed by atoms with Gasteiger partial charge in [-0.2, -0.15) is 0 Å². The number of aliphatic carboxylic acids is 4. The summed E-state index contributed by atoms with van der Waals surface area (Å²) in [6.45, 7) is -0.282. The Morgan fingerprint density at radius 2 is 1.16 bits per heavy atom. The molecular weight excluding hydrogens is 340 g/mol. The first-order valence-corrected chi connectivity index (χ1v) is 7.30. The van der Waals surface area contributed by atoms with Gasteiger partial charge in [-0.05, 0) is 12.8 Å². The molecule has 0 rings (SSSR count). The van der Waals surface area contributed by atoms with Crippen LogP contribution in [0.1, 0.15) is 32.1 Å². The quantitative estimate of drug-likeness (QED) is 0.191. The molecule has 0 aliphatic rings. The molecule has 0 aliphatic carbocycles. The van der Waals surface area contributed by atoms with E-state index in [4.69, 9.17) is 37.6 Å². The van der Waals surface area contributed by atoms with Gasteiger partial charge < -0.3 is 43.4 Å². The molecule has 0 aromatic carbocycles. The summed E-state index contributed by atoms with van der Waals surface area (Å²) >= 11 is 0. The Hall–Kier alpha value is -2.28. The second kappa shape index (κ2) is 18.1. The minimum Gasteiger partial charge on any atom is -0.481 e. The van der Waals surface area contributed by atoms with Crippen molar-refractivity contribution < 1.29 is 39.6 Å². The molecule has 0 radical (unpaired) electrons. The average molecular weight is 368 g/mol. The van der Waals surface area contributed by atoms with Crippen LogP contribution >= 0.6 is 0 Å². The lowest BCUT2D eigenvalue weighted by molar-refractivity contribution is -0.139. The van der Waals surface area contributed by atoms with Crippen LogP contribution in [-0.4, -0.2) is 69.5 Å². The summed E-state index contributed by atoms with van der Waals surface area (Å²) in [6, 6.07) is -1.72. The second-order valence-corrected chi connectivity index (χ2v) is 4.72. The molecule has 2 unspecified atom stereocenters. The Morgan fingerprint density at radius 3 is 1.40 bits per heavy atom. The van der Waals surface area contributed by atoms with Gasteiger partial charge in [-0.15, -0.1) is 0 Å². The highest BCUT2D eigenvalue weighted by molar-refractivity contribution is 5.73. The van der Waals surface area contributed by atoms with E-state index in [0.717, 1.165) is 0 Å². The van der Waals surface area contributed by atoms with Crippen molar-refractivity contribution in [3.63, 3.8) is 0 Å². The Balaban J connectivity index is -0.000000337. The van der Waals surface area contributed by atoms with Gasteiger partial charge in [0.2, 0.25) is 0 Å². The predicted molar refractivity (Wildman–Crippen MR) is 87.7 cm³/mol. The van der Waals surface area contributed by atoms with Crippen LogP contribution in [0.4, 0.5) is 0 Å². The highest BCUT2D eigenvalue weighted by Gasteiger charge is 2.10. The van der Waals surface area contributed by atoms with E-state index in [0.29, 0.717) is 25.7 Å². The SMILES string of the molecule is NC(CCCCCC(=O)O)C(=O)O.NCC(=O)O.NCC(N)C(=O)O. The van der Waals surface area contributed by atoms with E-state index in [9.17, 15) is 19.2 Å². The monoisotopic (exact) mass is 368 g/mol. The lowest BCUT2D eigenvalue weighted by atomic mass is 10.1. The predicted octanol–water partition coefficient (Wildman–Crippen LogP) is -2.18. The van der Waals surface area contributed by atoms with Gasteiger partial charge >= 0.3 is 23.9 Å². The van der Waals surface area contributed by atoms with E-state index >= 15 is 0 Å². The van der Waals surface area contributed by atoms with Gasteiger partial charge in [-0.3, -0.25) is 19.2 Å². The molecule has 0 heterocycles. The van der Waals surface area contributed by atoms with E-state index in [1.807, 2.05) is 0 Å². The lowest BCUT2D eigenvalue weighted by Crippen LogP contribution is -2.37. The molecule has 0 saturated carbocycles. The van der Waals surface area contributed by atoms with Crippen molar-refractivity contribution in [1.29, 1.82) is 0 Å². The summed E-state index contributed by atoms with van der Waals surface area (Å²) in [4.78, 5) is 39.3. The van der Waals surface area contributed by atoms with Gasteiger partial charge in [-0.1, -0.05) is 12.8 Å². The number of hydrogen-bond acceptors (Lipinski definition) is 8. The third kappa shape index (κ3) is 26.9. The van der Waals surface area contributed by atoms with Gasteiger partial charge in [-0.25, -0.2) is 0 Å². The van der Waals surface area contributed by atoms with Gasteiger partial charge in [0.1, 0.15) is 12.1 Å². The Morgan fingerprint density at radius 1 is 0.720 bits per heavy atom. The smallest absolute Gasteiger partial charge is 0.321 e. The number of nitrogens with two attached hydrogens (primary N) is 4. The molecule has 25 heavy (non-hydrogen) atoms. The molecule has 0 aliphatic heterocycles. The van der Waals surface area contributed by atoms with Gasteiger partial charge in [0, 0.05) is 13.0 Å². The number of carbonyl (C=O) groups is 4. The minimum absolute atomic E-state index is 0.00463. The van der Waals surface area contributed by atoms with Crippen LogP contribution in [0.2, 0.25) is 0 Å². The lowest BCUT2D eigenvalue weighted by Gasteiger charge is -2.04. The summed E-state index contributed by atoms with van der Waals surface area (Å²) < 4.78 is 0. The molecule has 0 bridgehead atoms. The Labute approximate surface area is 144 Å². The minimum atomic E-state index is -1.05. The largest absolute Gasteiger partial charge is 0.481 e. The van der Waals surface area contributed by atoms with Crippen molar-refractivity contribution in [2.24, 2.45) is 22.9 Å². The topological polar surface area (TPSA) is 253 Å². The van der Waals surface area contributed by atoms with Crippen LogP contribution in [0.5, 0.6) is 0 Å². The molecule has 0 fully saturated rings. The van der Waals surface area contributed by atoms with E-state index in [1.54, 1.807) is 0 Å². The van der Waals surface area contributed by atoms with Crippen molar-refractivity contribution in [2.75, 3.05) is 13.1 Å². The van der Waals surface area contributed by atoms with Crippen LogP contribution < -0.4 is 22.9 Å². The van der Waals surface area contributed by atoms with Crippen LogP contribution in [0.25, 0.3) is 0 Å². The van der Waals surface area contributed by atoms with Crippen molar-refractivity contribution in [3.05, 3.63) is 0 Å². The molecular formula is C13H28N4O8. The van der Waals surface area contributed by atoms with Crippen molar-refractivity contribution in [1.82, 2.24) is 0 Å². The molecule has 2 atom stereocenters. The van der Waals surface area contributed by atoms with Gasteiger partial charge in [0.15, 0.2) is 0 Å². The zero-order valence-electron chi connectivity index (χ0n) is 13.8. The fraction of sp³-hybridized carbons (Fsp3) is 0.692. The summed E-state index contributed by atoms with van der Waals surface area (Å²) in [5, 5.41) is 32.3. The summed E-state index contributed by atoms with van der Waals surface area (Å²) in [7, 11) is 0. The van der Waals surface area contributed by atoms with Crippen LogP contribution in [0.15, 0.2) is 0 Å². The van der Waals surface area contributed by atoms with Crippen molar-refractivity contribution >= 4 is 23.9 Å². The molecule has 148 valence electrons. The Kier molecular flexibility index (Phi) is 19.9. The standard InChI is InChI=1S/C8H15NO4.C3H8N2O2.C2H5NO2/c9-6(8(12)13)4-2-1-3-5-7(10)11;4-1-2(5)3(6)7;3-1-2(4)5/h6H,1-5,9H2,(H,10,11)(H,12,13);2H,1,4-5H2,(H,6,7);1,3H2,(H,4,5). The number of carboxylic acid groups (broad SMARTS) is 4. The summed E-state index contributed by atoms with van der Waals surface area (Å²) in [5.41, 5.74) is 19.6. The highest BCUT2D eigenvalue weighted by atomic mass is 16.4. The molecule has 0 aromatic rings. The first-order valence-electron chi connectivity index (χ1n) is 7.30. The second-order valence-electron chi connectivity index (χ2n) is 4.72. The first kappa shape index (κ1) is 27.6. The van der Waals surface area contributed by atoms with Gasteiger partial charge in [0.05, 0.1) is 6.54 Å². The van der Waals surface area contributed by atoms with E-state index in [-0.39, 0.29) is 19.5 Å². The average Bonchev–Trinajstić information content (AvgIpc) is 2.54. The summed E-state index contributed by atoms with van der Waals surface area (Å²) in [5.74, 6) is -3.84. The fourth-order valence-electron chi connectivity index (χ4n) is 1.04. The van der Waals surface area contributed by atoms with Crippen molar-refractivity contribution in [2.45, 2.75) is 44.2 Å². The molecule has 0 saturated heterocycles.